The van der Waals surface area contributed by atoms with Crippen LogP contribution in [0.3, 0.4) is 0 Å². The van der Waals surface area contributed by atoms with Crippen LogP contribution < -0.4 is 9.62 Å². The number of rotatable bonds is 4. The Bertz CT molecular complexity index is 684. The molecule has 0 saturated carbocycles. The molecule has 0 fully saturated rings. The standard InChI is InChI=1S/C13H16N2O5S/c1-9(16)15-6-5-10-7-11(3-4-12(10)15)21(18,19)14-8-13(17)20-2/h3-4,7,14H,5-6,8H2,1-2H3. The molecule has 2 rings (SSSR count). The van der Waals surface area contributed by atoms with Crippen LogP contribution in [0.1, 0.15) is 12.5 Å². The monoisotopic (exact) mass is 312 g/mol. The largest absolute Gasteiger partial charge is 0.468 e. The van der Waals surface area contributed by atoms with Crippen LogP contribution in [0.15, 0.2) is 23.1 Å². The number of fused-ring (bicyclic) bond motifs is 1. The summed E-state index contributed by atoms with van der Waals surface area (Å²) in [5, 5.41) is 0. The van der Waals surface area contributed by atoms with Crippen molar-refractivity contribution >= 4 is 27.6 Å². The molecule has 1 aliphatic rings. The summed E-state index contributed by atoms with van der Waals surface area (Å²) in [5.74, 6) is -0.740. The summed E-state index contributed by atoms with van der Waals surface area (Å²) in [4.78, 5) is 24.1. The van der Waals surface area contributed by atoms with E-state index in [1.165, 1.54) is 26.2 Å². The summed E-state index contributed by atoms with van der Waals surface area (Å²) in [6.07, 6.45) is 0.606. The number of sulfonamides is 1. The van der Waals surface area contributed by atoms with E-state index < -0.39 is 22.5 Å². The predicted molar refractivity (Wildman–Crippen MR) is 75.4 cm³/mol. The molecular weight excluding hydrogens is 296 g/mol. The molecule has 114 valence electrons. The van der Waals surface area contributed by atoms with Crippen molar-refractivity contribution in [2.75, 3.05) is 25.1 Å². The molecule has 0 radical (unpaired) electrons. The lowest BCUT2D eigenvalue weighted by Crippen LogP contribution is -2.30. The number of benzene rings is 1. The molecule has 8 heteroatoms. The second kappa shape index (κ2) is 5.82. The van der Waals surface area contributed by atoms with Gasteiger partial charge in [-0.2, -0.15) is 4.72 Å². The number of nitrogens with one attached hydrogen (secondary N) is 1. The average molecular weight is 312 g/mol. The number of nitrogens with zero attached hydrogens (tertiary/aromatic N) is 1. The van der Waals surface area contributed by atoms with Gasteiger partial charge in [0.05, 0.1) is 12.0 Å². The second-order valence-corrected chi connectivity index (χ2v) is 6.38. The third-order valence-electron chi connectivity index (χ3n) is 3.27. The van der Waals surface area contributed by atoms with Gasteiger partial charge >= 0.3 is 5.97 Å². The molecule has 0 bridgehead atoms. The fourth-order valence-electron chi connectivity index (χ4n) is 2.18. The highest BCUT2D eigenvalue weighted by molar-refractivity contribution is 7.89. The first kappa shape index (κ1) is 15.5. The summed E-state index contributed by atoms with van der Waals surface area (Å²) >= 11 is 0. The van der Waals surface area contributed by atoms with Crippen LogP contribution in [-0.4, -0.2) is 40.5 Å². The van der Waals surface area contributed by atoms with E-state index in [9.17, 15) is 18.0 Å². The van der Waals surface area contributed by atoms with Crippen molar-refractivity contribution < 1.29 is 22.7 Å². The highest BCUT2D eigenvalue weighted by Crippen LogP contribution is 2.30. The third kappa shape index (κ3) is 3.22. The number of esters is 1. The number of hydrogen-bond acceptors (Lipinski definition) is 5. The number of amides is 1. The highest BCUT2D eigenvalue weighted by Gasteiger charge is 2.24. The van der Waals surface area contributed by atoms with Gasteiger partial charge in [0.1, 0.15) is 6.54 Å². The summed E-state index contributed by atoms with van der Waals surface area (Å²) in [5.41, 5.74) is 1.53. The average Bonchev–Trinajstić information content (AvgIpc) is 2.87. The number of methoxy groups -OCH3 is 1. The molecule has 1 aromatic rings. The van der Waals surface area contributed by atoms with Crippen molar-refractivity contribution in [2.24, 2.45) is 0 Å². The first-order valence-corrected chi connectivity index (χ1v) is 7.81. The lowest BCUT2D eigenvalue weighted by atomic mass is 10.2. The zero-order valence-corrected chi connectivity index (χ0v) is 12.6. The van der Waals surface area contributed by atoms with Crippen molar-refractivity contribution in [3.05, 3.63) is 23.8 Å². The second-order valence-electron chi connectivity index (χ2n) is 4.61. The molecule has 21 heavy (non-hydrogen) atoms. The van der Waals surface area contributed by atoms with Gasteiger partial charge in [-0.25, -0.2) is 8.42 Å². The maximum Gasteiger partial charge on any atom is 0.320 e. The normalized spacial score (nSPS) is 13.9. The quantitative estimate of drug-likeness (QED) is 0.793. The smallest absolute Gasteiger partial charge is 0.320 e. The van der Waals surface area contributed by atoms with E-state index in [1.807, 2.05) is 0 Å². The Labute approximate surface area is 122 Å². The van der Waals surface area contributed by atoms with Crippen LogP contribution in [0.2, 0.25) is 0 Å². The van der Waals surface area contributed by atoms with Crippen LogP contribution in [-0.2, 0) is 30.8 Å². The molecular formula is C13H16N2O5S. The van der Waals surface area contributed by atoms with Gasteiger partial charge in [0.25, 0.3) is 0 Å². The van der Waals surface area contributed by atoms with Crippen molar-refractivity contribution in [1.29, 1.82) is 0 Å². The van der Waals surface area contributed by atoms with Gasteiger partial charge < -0.3 is 9.64 Å². The van der Waals surface area contributed by atoms with E-state index in [-0.39, 0.29) is 10.8 Å². The fraction of sp³-hybridized carbons (Fsp3) is 0.385. The van der Waals surface area contributed by atoms with Gasteiger partial charge in [-0.1, -0.05) is 0 Å². The van der Waals surface area contributed by atoms with Gasteiger partial charge in [-0.05, 0) is 30.2 Å². The van der Waals surface area contributed by atoms with Crippen molar-refractivity contribution in [3.8, 4) is 0 Å². The first-order valence-electron chi connectivity index (χ1n) is 6.32. The highest BCUT2D eigenvalue weighted by atomic mass is 32.2. The van der Waals surface area contributed by atoms with E-state index in [2.05, 4.69) is 9.46 Å². The lowest BCUT2D eigenvalue weighted by molar-refractivity contribution is -0.139. The lowest BCUT2D eigenvalue weighted by Gasteiger charge is -2.15. The SMILES string of the molecule is COC(=O)CNS(=O)(=O)c1ccc2c(c1)CCN2C(C)=O. The number of anilines is 1. The molecule has 0 unspecified atom stereocenters. The molecule has 0 spiro atoms. The van der Waals surface area contributed by atoms with E-state index in [1.54, 1.807) is 11.0 Å². The van der Waals surface area contributed by atoms with Crippen LogP contribution in [0.25, 0.3) is 0 Å². The maximum atomic E-state index is 12.1. The Morgan fingerprint density at radius 1 is 1.38 bits per heavy atom. The van der Waals surface area contributed by atoms with Crippen molar-refractivity contribution in [1.82, 2.24) is 4.72 Å². The molecule has 0 aromatic heterocycles. The summed E-state index contributed by atoms with van der Waals surface area (Å²) in [7, 11) is -2.60. The minimum Gasteiger partial charge on any atom is -0.468 e. The van der Waals surface area contributed by atoms with Crippen LogP contribution >= 0.6 is 0 Å². The first-order chi connectivity index (χ1) is 9.85. The molecule has 0 saturated heterocycles. The number of carbonyl (C=O) groups is 2. The van der Waals surface area contributed by atoms with E-state index in [0.29, 0.717) is 13.0 Å². The number of ether oxygens (including phenoxy) is 1. The molecule has 0 atom stereocenters. The van der Waals surface area contributed by atoms with Crippen molar-refractivity contribution in [2.45, 2.75) is 18.2 Å². The Morgan fingerprint density at radius 3 is 2.71 bits per heavy atom. The van der Waals surface area contributed by atoms with Gasteiger partial charge in [0, 0.05) is 19.2 Å². The molecule has 1 aromatic carbocycles. The minimum atomic E-state index is -3.78. The van der Waals surface area contributed by atoms with Crippen molar-refractivity contribution in [3.63, 3.8) is 0 Å². The number of carbonyl (C=O) groups excluding carboxylic acids is 2. The van der Waals surface area contributed by atoms with Gasteiger partial charge in [0.2, 0.25) is 15.9 Å². The van der Waals surface area contributed by atoms with Crippen LogP contribution in [0, 0.1) is 0 Å². The Balaban J connectivity index is 2.23. The summed E-state index contributed by atoms with van der Waals surface area (Å²) in [6, 6.07) is 4.55. The maximum absolute atomic E-state index is 12.1. The van der Waals surface area contributed by atoms with Crippen LogP contribution in [0.4, 0.5) is 5.69 Å². The molecule has 1 heterocycles. The molecule has 0 aliphatic carbocycles. The van der Waals surface area contributed by atoms with Crippen LogP contribution in [0.5, 0.6) is 0 Å². The topological polar surface area (TPSA) is 92.8 Å². The van der Waals surface area contributed by atoms with E-state index in [0.717, 1.165) is 11.3 Å². The zero-order chi connectivity index (χ0) is 15.6. The zero-order valence-electron chi connectivity index (χ0n) is 11.8. The third-order valence-corrected chi connectivity index (χ3v) is 4.67. The predicted octanol–water partition coefficient (Wildman–Crippen LogP) is 0.0469. The molecule has 1 N–H and O–H groups in total. The van der Waals surface area contributed by atoms with E-state index >= 15 is 0 Å². The number of hydrogen-bond donors (Lipinski definition) is 1. The van der Waals surface area contributed by atoms with E-state index in [4.69, 9.17) is 0 Å². The van der Waals surface area contributed by atoms with Gasteiger partial charge in [-0.15, -0.1) is 0 Å². The summed E-state index contributed by atoms with van der Waals surface area (Å²) in [6.45, 7) is 1.59. The Hall–Kier alpha value is -1.93. The van der Waals surface area contributed by atoms with Gasteiger partial charge in [0.15, 0.2) is 0 Å². The Morgan fingerprint density at radius 2 is 2.10 bits per heavy atom. The molecule has 7 nitrogen and oxygen atoms in total. The Kier molecular flexibility index (Phi) is 4.29. The molecule has 1 aliphatic heterocycles. The minimum absolute atomic E-state index is 0.0653. The fourth-order valence-corrected chi connectivity index (χ4v) is 3.20. The molecule has 1 amide bonds. The van der Waals surface area contributed by atoms with Gasteiger partial charge in [-0.3, -0.25) is 9.59 Å². The summed E-state index contributed by atoms with van der Waals surface area (Å²) < 4.78 is 30.7.